The summed E-state index contributed by atoms with van der Waals surface area (Å²) < 4.78 is 11.1. The first-order chi connectivity index (χ1) is 11.2. The number of carbonyl (C=O) groups excluding carboxylic acids is 1. The van der Waals surface area contributed by atoms with E-state index in [0.717, 1.165) is 6.42 Å². The molecule has 2 atom stereocenters. The number of piperidine rings is 1. The van der Waals surface area contributed by atoms with Gasteiger partial charge in [-0.25, -0.2) is 14.6 Å². The lowest BCUT2D eigenvalue weighted by Crippen LogP contribution is -2.37. The largest absolute Gasteiger partial charge is 0.478 e. The van der Waals surface area contributed by atoms with Crippen LogP contribution < -0.4 is 4.74 Å². The third-order valence-electron chi connectivity index (χ3n) is 4.45. The number of carboxylic acids is 1. The number of aromatic nitrogens is 1. The van der Waals surface area contributed by atoms with Gasteiger partial charge < -0.3 is 19.5 Å². The van der Waals surface area contributed by atoms with Crippen LogP contribution in [0.4, 0.5) is 4.79 Å². The van der Waals surface area contributed by atoms with E-state index in [-0.39, 0.29) is 17.1 Å². The number of nitrogens with zero attached hydrogens (tertiary/aromatic N) is 2. The Bertz CT molecular complexity index is 669. The van der Waals surface area contributed by atoms with Crippen molar-refractivity contribution < 1.29 is 24.2 Å². The number of likely N-dealkylation sites (tertiary alicyclic amines) is 1. The molecule has 1 N–H and O–H groups in total. The van der Waals surface area contributed by atoms with Crippen molar-refractivity contribution in [3.63, 3.8) is 0 Å². The van der Waals surface area contributed by atoms with E-state index in [9.17, 15) is 9.59 Å². The maximum absolute atomic E-state index is 12.1. The molecule has 2 fully saturated rings. The summed E-state index contributed by atoms with van der Waals surface area (Å²) in [6, 6.07) is 2.84. The van der Waals surface area contributed by atoms with Gasteiger partial charge in [-0.3, -0.25) is 0 Å². The molecular weight excluding hydrogens is 312 g/mol. The quantitative estimate of drug-likeness (QED) is 0.909. The monoisotopic (exact) mass is 334 g/mol. The van der Waals surface area contributed by atoms with E-state index in [2.05, 4.69) is 4.98 Å². The predicted octanol–water partition coefficient (Wildman–Crippen LogP) is 2.42. The minimum absolute atomic E-state index is 0.0577. The topological polar surface area (TPSA) is 89.0 Å². The van der Waals surface area contributed by atoms with Gasteiger partial charge in [-0.05, 0) is 39.2 Å². The summed E-state index contributed by atoms with van der Waals surface area (Å²) in [4.78, 5) is 28.9. The molecule has 1 aromatic heterocycles. The molecule has 0 bridgehead atoms. The third-order valence-corrected chi connectivity index (χ3v) is 4.45. The van der Waals surface area contributed by atoms with Crippen LogP contribution in [0.1, 0.15) is 37.6 Å². The molecule has 1 saturated carbocycles. The Morgan fingerprint density at radius 2 is 2.21 bits per heavy atom. The Labute approximate surface area is 140 Å². The Morgan fingerprint density at radius 3 is 2.88 bits per heavy atom. The molecule has 2 unspecified atom stereocenters. The average molecular weight is 334 g/mol. The summed E-state index contributed by atoms with van der Waals surface area (Å²) in [7, 11) is 0. The molecule has 2 aliphatic rings. The Hall–Kier alpha value is -2.31. The number of fused-ring (bicyclic) bond motifs is 1. The zero-order valence-corrected chi connectivity index (χ0v) is 14.1. The number of carbonyl (C=O) groups is 2. The summed E-state index contributed by atoms with van der Waals surface area (Å²) in [6.45, 7) is 7.25. The molecular formula is C17H22N2O5. The smallest absolute Gasteiger partial charge is 0.410 e. The lowest BCUT2D eigenvalue weighted by molar-refractivity contribution is 0.0253. The molecule has 1 aliphatic heterocycles. The van der Waals surface area contributed by atoms with Crippen molar-refractivity contribution in [2.24, 2.45) is 11.3 Å². The van der Waals surface area contributed by atoms with E-state index >= 15 is 0 Å². The number of ether oxygens (including phenoxy) is 2. The van der Waals surface area contributed by atoms with Crippen LogP contribution in [0.3, 0.4) is 0 Å². The van der Waals surface area contributed by atoms with Gasteiger partial charge in [0.25, 0.3) is 0 Å². The standard InChI is InChI=1S/C17H22N2O5/c1-16(2,3)24-15(22)19-8-12-7-17(12,9-19)10-23-13-6-11(14(20)21)4-5-18-13/h4-6,12H,7-10H2,1-3H3,(H,20,21). The van der Waals surface area contributed by atoms with E-state index in [0.29, 0.717) is 31.5 Å². The number of amides is 1. The van der Waals surface area contributed by atoms with Crippen LogP contribution in [0.5, 0.6) is 5.88 Å². The van der Waals surface area contributed by atoms with Gasteiger partial charge in [0.1, 0.15) is 5.60 Å². The van der Waals surface area contributed by atoms with Gasteiger partial charge in [-0.1, -0.05) is 0 Å². The number of carboxylic acid groups (broad SMARTS) is 1. The number of aromatic carboxylic acids is 1. The molecule has 1 saturated heterocycles. The Kier molecular flexibility index (Phi) is 3.89. The van der Waals surface area contributed by atoms with Crippen LogP contribution in [0.2, 0.25) is 0 Å². The second kappa shape index (κ2) is 5.65. The highest BCUT2D eigenvalue weighted by atomic mass is 16.6. The molecule has 130 valence electrons. The van der Waals surface area contributed by atoms with Crippen LogP contribution >= 0.6 is 0 Å². The summed E-state index contributed by atoms with van der Waals surface area (Å²) in [6.07, 6.45) is 2.13. The van der Waals surface area contributed by atoms with Gasteiger partial charge in [-0.15, -0.1) is 0 Å². The maximum atomic E-state index is 12.1. The molecule has 7 nitrogen and oxygen atoms in total. The van der Waals surface area contributed by atoms with Crippen molar-refractivity contribution in [3.8, 4) is 5.88 Å². The van der Waals surface area contributed by atoms with Gasteiger partial charge in [-0.2, -0.15) is 0 Å². The fourth-order valence-corrected chi connectivity index (χ4v) is 3.12. The zero-order chi connectivity index (χ0) is 17.5. The first-order valence-corrected chi connectivity index (χ1v) is 7.99. The number of pyridine rings is 1. The number of rotatable bonds is 4. The molecule has 7 heteroatoms. The minimum Gasteiger partial charge on any atom is -0.478 e. The van der Waals surface area contributed by atoms with Gasteiger partial charge >= 0.3 is 12.1 Å². The van der Waals surface area contributed by atoms with E-state index in [1.54, 1.807) is 4.90 Å². The molecule has 0 aromatic carbocycles. The first kappa shape index (κ1) is 16.5. The molecule has 24 heavy (non-hydrogen) atoms. The van der Waals surface area contributed by atoms with Gasteiger partial charge in [0.2, 0.25) is 5.88 Å². The number of hydrogen-bond donors (Lipinski definition) is 1. The van der Waals surface area contributed by atoms with Crippen molar-refractivity contribution >= 4 is 12.1 Å². The number of hydrogen-bond acceptors (Lipinski definition) is 5. The molecule has 2 heterocycles. The molecule has 0 spiro atoms. The molecule has 1 aromatic rings. The van der Waals surface area contributed by atoms with E-state index in [4.69, 9.17) is 14.6 Å². The fraction of sp³-hybridized carbons (Fsp3) is 0.588. The predicted molar refractivity (Wildman–Crippen MR) is 85.0 cm³/mol. The van der Waals surface area contributed by atoms with Gasteiger partial charge in [0.15, 0.2) is 0 Å². The van der Waals surface area contributed by atoms with Gasteiger partial charge in [0.05, 0.1) is 12.2 Å². The summed E-state index contributed by atoms with van der Waals surface area (Å²) in [5.41, 5.74) is -0.418. The van der Waals surface area contributed by atoms with Crippen molar-refractivity contribution in [2.75, 3.05) is 19.7 Å². The zero-order valence-electron chi connectivity index (χ0n) is 14.1. The Morgan fingerprint density at radius 1 is 1.46 bits per heavy atom. The molecule has 0 radical (unpaired) electrons. The van der Waals surface area contributed by atoms with E-state index in [1.807, 2.05) is 20.8 Å². The molecule has 3 rings (SSSR count). The van der Waals surface area contributed by atoms with Crippen molar-refractivity contribution in [2.45, 2.75) is 32.8 Å². The minimum atomic E-state index is -1.01. The molecule has 1 aliphatic carbocycles. The van der Waals surface area contributed by atoms with Crippen LogP contribution in [-0.2, 0) is 4.74 Å². The highest BCUT2D eigenvalue weighted by molar-refractivity contribution is 5.87. The van der Waals surface area contributed by atoms with Crippen molar-refractivity contribution in [1.82, 2.24) is 9.88 Å². The summed E-state index contributed by atoms with van der Waals surface area (Å²) in [5.74, 6) is -0.306. The lowest BCUT2D eigenvalue weighted by atomic mass is 10.1. The van der Waals surface area contributed by atoms with Crippen molar-refractivity contribution in [1.29, 1.82) is 0 Å². The fourth-order valence-electron chi connectivity index (χ4n) is 3.12. The van der Waals surface area contributed by atoms with E-state index in [1.165, 1.54) is 18.3 Å². The van der Waals surface area contributed by atoms with Gasteiger partial charge in [0, 0.05) is 30.8 Å². The highest BCUT2D eigenvalue weighted by Gasteiger charge is 2.61. The average Bonchev–Trinajstić information content (AvgIpc) is 3.04. The van der Waals surface area contributed by atoms with Crippen LogP contribution in [0, 0.1) is 11.3 Å². The normalized spacial score (nSPS) is 25.1. The highest BCUT2D eigenvalue weighted by Crippen LogP contribution is 2.57. The van der Waals surface area contributed by atoms with Crippen LogP contribution in [0.15, 0.2) is 18.3 Å². The summed E-state index contributed by atoms with van der Waals surface area (Å²) >= 11 is 0. The lowest BCUT2D eigenvalue weighted by Gasteiger charge is -2.26. The van der Waals surface area contributed by atoms with Crippen LogP contribution in [-0.4, -0.2) is 52.4 Å². The van der Waals surface area contributed by atoms with E-state index < -0.39 is 11.6 Å². The van der Waals surface area contributed by atoms with Crippen LogP contribution in [0.25, 0.3) is 0 Å². The molecule has 1 amide bonds. The first-order valence-electron chi connectivity index (χ1n) is 7.99. The second-order valence-electron chi connectivity index (χ2n) is 7.60. The van der Waals surface area contributed by atoms with Crippen molar-refractivity contribution in [3.05, 3.63) is 23.9 Å². The summed E-state index contributed by atoms with van der Waals surface area (Å²) in [5, 5.41) is 9.00. The Balaban J connectivity index is 1.57. The third kappa shape index (κ3) is 3.44. The maximum Gasteiger partial charge on any atom is 0.410 e. The SMILES string of the molecule is CC(C)(C)OC(=O)N1CC2CC2(COc2cc(C(=O)O)ccn2)C1. The second-order valence-corrected chi connectivity index (χ2v) is 7.60.